The van der Waals surface area contributed by atoms with Crippen LogP contribution in [0.5, 0.6) is 5.75 Å². The van der Waals surface area contributed by atoms with Gasteiger partial charge in [0, 0.05) is 25.0 Å². The quantitative estimate of drug-likeness (QED) is 0.374. The van der Waals surface area contributed by atoms with Gasteiger partial charge in [0.15, 0.2) is 10.4 Å². The number of hydrogen-bond donors (Lipinski definition) is 2. The van der Waals surface area contributed by atoms with Crippen LogP contribution >= 0.6 is 34.9 Å². The first-order valence-corrected chi connectivity index (χ1v) is 14.3. The molecule has 2 aromatic rings. The predicted molar refractivity (Wildman–Crippen MR) is 130 cm³/mol. The highest BCUT2D eigenvalue weighted by Gasteiger charge is 2.60. The van der Waals surface area contributed by atoms with Crippen molar-refractivity contribution in [2.24, 2.45) is 5.41 Å². The molecule has 0 bridgehead atoms. The van der Waals surface area contributed by atoms with Gasteiger partial charge in [-0.05, 0) is 24.6 Å². The molecule has 0 aliphatic carbocycles. The summed E-state index contributed by atoms with van der Waals surface area (Å²) in [5.41, 5.74) is -0.519. The van der Waals surface area contributed by atoms with E-state index in [1.54, 1.807) is 12.1 Å². The number of aryl methyl sites for hydroxylation is 1. The summed E-state index contributed by atoms with van der Waals surface area (Å²) in [6, 6.07) is 5.22. The average molecular weight is 543 g/mol. The molecular formula is C20H22N4O6S4. The molecule has 2 saturated heterocycles. The van der Waals surface area contributed by atoms with Crippen LogP contribution in [-0.4, -0.2) is 81.1 Å². The van der Waals surface area contributed by atoms with Gasteiger partial charge in [-0.2, -0.15) is 0 Å². The van der Waals surface area contributed by atoms with Crippen LogP contribution < -0.4 is 0 Å². The number of thioether (sulfide) groups is 2. The van der Waals surface area contributed by atoms with Gasteiger partial charge in [-0.3, -0.25) is 14.4 Å². The van der Waals surface area contributed by atoms with Gasteiger partial charge < -0.3 is 15.1 Å². The number of fused-ring (bicyclic) bond motifs is 1. The molecule has 0 spiro atoms. The lowest BCUT2D eigenvalue weighted by atomic mass is 9.89. The Kier molecular flexibility index (Phi) is 7.22. The van der Waals surface area contributed by atoms with Crippen LogP contribution in [-0.2, 0) is 31.1 Å². The number of carboxylic acid groups (broad SMARTS) is 1. The van der Waals surface area contributed by atoms with Crippen LogP contribution in [0.1, 0.15) is 17.5 Å². The SMILES string of the molecule is CC(=O)N(C1C(=O)N2CC(CSc3nnc(C)s3)(C(=O)O)CS[C@H]12)S(=O)Cc1ccc(O)cc1. The minimum absolute atomic E-state index is 0.0104. The van der Waals surface area contributed by atoms with E-state index < -0.39 is 45.6 Å². The third-order valence-electron chi connectivity index (χ3n) is 5.56. The summed E-state index contributed by atoms with van der Waals surface area (Å²) in [7, 11) is -1.81. The highest BCUT2D eigenvalue weighted by Crippen LogP contribution is 2.46. The van der Waals surface area contributed by atoms with E-state index in [-0.39, 0.29) is 29.6 Å². The molecule has 3 heterocycles. The Morgan fingerprint density at radius 3 is 2.62 bits per heavy atom. The van der Waals surface area contributed by atoms with Crippen molar-refractivity contribution < 1.29 is 28.8 Å². The molecule has 0 saturated carbocycles. The Labute approximate surface area is 210 Å². The summed E-state index contributed by atoms with van der Waals surface area (Å²) < 4.78 is 14.8. The van der Waals surface area contributed by atoms with Crippen molar-refractivity contribution in [2.75, 3.05) is 18.1 Å². The number of carboxylic acids is 1. The van der Waals surface area contributed by atoms with Crippen LogP contribution in [0.4, 0.5) is 0 Å². The van der Waals surface area contributed by atoms with Gasteiger partial charge >= 0.3 is 5.97 Å². The zero-order valence-electron chi connectivity index (χ0n) is 18.2. The Morgan fingerprint density at radius 2 is 2.03 bits per heavy atom. The third kappa shape index (κ3) is 4.81. The highest BCUT2D eigenvalue weighted by molar-refractivity contribution is 8.01. The van der Waals surface area contributed by atoms with Crippen molar-refractivity contribution in [1.29, 1.82) is 0 Å². The first-order valence-electron chi connectivity index (χ1n) is 10.2. The molecule has 2 N–H and O–H groups in total. The predicted octanol–water partition coefficient (Wildman–Crippen LogP) is 1.71. The molecule has 14 heteroatoms. The van der Waals surface area contributed by atoms with Crippen molar-refractivity contribution in [3.05, 3.63) is 34.8 Å². The van der Waals surface area contributed by atoms with Crippen LogP contribution in [0.3, 0.4) is 0 Å². The minimum Gasteiger partial charge on any atom is -0.508 e. The molecule has 10 nitrogen and oxygen atoms in total. The molecule has 3 unspecified atom stereocenters. The van der Waals surface area contributed by atoms with E-state index in [9.17, 15) is 28.8 Å². The number of carbonyl (C=O) groups is 3. The summed E-state index contributed by atoms with van der Waals surface area (Å²) in [4.78, 5) is 39.1. The van der Waals surface area contributed by atoms with Crippen LogP contribution in [0, 0.1) is 12.3 Å². The lowest BCUT2D eigenvalue weighted by Gasteiger charge is -2.55. The van der Waals surface area contributed by atoms with Gasteiger partial charge in [-0.15, -0.1) is 22.0 Å². The van der Waals surface area contributed by atoms with Gasteiger partial charge in [0.25, 0.3) is 5.91 Å². The second-order valence-electron chi connectivity index (χ2n) is 8.05. The van der Waals surface area contributed by atoms with Crippen LogP contribution in [0.15, 0.2) is 28.6 Å². The lowest BCUT2D eigenvalue weighted by molar-refractivity contribution is -0.161. The van der Waals surface area contributed by atoms with Crippen molar-refractivity contribution in [3.8, 4) is 5.75 Å². The van der Waals surface area contributed by atoms with Crippen molar-refractivity contribution in [3.63, 3.8) is 0 Å². The fourth-order valence-electron chi connectivity index (χ4n) is 3.77. The maximum Gasteiger partial charge on any atom is 0.313 e. The van der Waals surface area contributed by atoms with E-state index in [4.69, 9.17) is 0 Å². The normalized spacial score (nSPS) is 24.8. The number of phenols is 1. The second kappa shape index (κ2) is 9.84. The van der Waals surface area contributed by atoms with Gasteiger partial charge in [0.1, 0.15) is 32.5 Å². The first kappa shape index (κ1) is 24.9. The monoisotopic (exact) mass is 542 g/mol. The van der Waals surface area contributed by atoms with E-state index in [0.717, 1.165) is 9.31 Å². The molecular weight excluding hydrogens is 521 g/mol. The number of aliphatic carboxylic acids is 1. The highest BCUT2D eigenvalue weighted by atomic mass is 32.2. The van der Waals surface area contributed by atoms with Crippen molar-refractivity contribution in [2.45, 2.75) is 35.4 Å². The standard InChI is InChI=1S/C20H22N4O6S4/c1-11-21-22-19(33-11)32-10-20(18(28)29)8-23-16(27)15(17(23)31-9-20)24(12(2)25)34(30)7-13-3-5-14(26)6-4-13/h3-6,15,17,26H,7-10H2,1-2H3,(H,28,29)/t15?,17-,20?,34?/m1/s1. The fraction of sp³-hybridized carbons (Fsp3) is 0.450. The number of aromatic nitrogens is 2. The van der Waals surface area contributed by atoms with E-state index in [2.05, 4.69) is 10.2 Å². The molecule has 2 amide bonds. The summed E-state index contributed by atoms with van der Waals surface area (Å²) in [6.45, 7) is 3.10. The van der Waals surface area contributed by atoms with E-state index in [1.165, 1.54) is 58.8 Å². The summed E-state index contributed by atoms with van der Waals surface area (Å²) in [5, 5.41) is 27.7. The molecule has 182 valence electrons. The van der Waals surface area contributed by atoms with Crippen molar-refractivity contribution in [1.82, 2.24) is 19.4 Å². The van der Waals surface area contributed by atoms with Crippen LogP contribution in [0.25, 0.3) is 0 Å². The van der Waals surface area contributed by atoms with Crippen molar-refractivity contribution >= 4 is 63.6 Å². The number of phenolic OH excluding ortho intramolecular Hbond substituents is 1. The van der Waals surface area contributed by atoms with Gasteiger partial charge in [0.2, 0.25) is 5.91 Å². The summed E-state index contributed by atoms with van der Waals surface area (Å²) >= 11 is 3.98. The number of β-lactam (4-membered cyclic amide) rings is 1. The Morgan fingerprint density at radius 1 is 1.32 bits per heavy atom. The molecule has 4 atom stereocenters. The smallest absolute Gasteiger partial charge is 0.313 e. The molecule has 34 heavy (non-hydrogen) atoms. The Hall–Kier alpha value is -2.16. The topological polar surface area (TPSA) is 141 Å². The maximum absolute atomic E-state index is 13.1. The summed E-state index contributed by atoms with van der Waals surface area (Å²) in [5.74, 6) is -1.34. The molecule has 2 aliphatic rings. The van der Waals surface area contributed by atoms with Gasteiger partial charge in [-0.25, -0.2) is 8.51 Å². The maximum atomic E-state index is 13.1. The second-order valence-corrected chi connectivity index (χ2v) is 12.9. The first-order chi connectivity index (χ1) is 16.1. The number of amides is 2. The number of carbonyl (C=O) groups excluding carboxylic acids is 2. The molecule has 2 aliphatic heterocycles. The molecule has 4 rings (SSSR count). The minimum atomic E-state index is -1.81. The Balaban J connectivity index is 1.47. The summed E-state index contributed by atoms with van der Waals surface area (Å²) in [6.07, 6.45) is 0. The number of nitrogens with zero attached hydrogens (tertiary/aromatic N) is 4. The average Bonchev–Trinajstić information content (AvgIpc) is 3.21. The fourth-order valence-corrected chi connectivity index (χ4v) is 8.93. The van der Waals surface area contributed by atoms with Gasteiger partial charge in [0.05, 0.1) is 5.75 Å². The third-order valence-corrected chi connectivity index (χ3v) is 10.9. The number of aromatic hydroxyl groups is 1. The zero-order valence-corrected chi connectivity index (χ0v) is 21.5. The number of benzene rings is 1. The molecule has 0 radical (unpaired) electrons. The molecule has 1 aromatic heterocycles. The Bertz CT molecular complexity index is 1140. The molecule has 1 aromatic carbocycles. The van der Waals surface area contributed by atoms with E-state index in [1.807, 2.05) is 6.92 Å². The van der Waals surface area contributed by atoms with E-state index in [0.29, 0.717) is 9.90 Å². The largest absolute Gasteiger partial charge is 0.508 e. The zero-order chi connectivity index (χ0) is 24.6. The molecule has 2 fully saturated rings. The number of hydrogen-bond acceptors (Lipinski definition) is 10. The van der Waals surface area contributed by atoms with Gasteiger partial charge in [-0.1, -0.05) is 35.2 Å². The number of rotatable bonds is 8. The van der Waals surface area contributed by atoms with Crippen LogP contribution in [0.2, 0.25) is 0 Å². The van der Waals surface area contributed by atoms with E-state index >= 15 is 0 Å². The lowest BCUT2D eigenvalue weighted by Crippen LogP contribution is -2.74.